The van der Waals surface area contributed by atoms with Crippen molar-refractivity contribution in [3.05, 3.63) is 23.3 Å². The second-order valence-corrected chi connectivity index (χ2v) is 13.1. The number of amides is 1. The van der Waals surface area contributed by atoms with Crippen molar-refractivity contribution in [3.63, 3.8) is 0 Å². The molecule has 3 rings (SSSR count). The summed E-state index contributed by atoms with van der Waals surface area (Å²) in [5.41, 5.74) is 1.27. The average molecular weight is 553 g/mol. The molecule has 1 heterocycles. The van der Waals surface area contributed by atoms with Crippen molar-refractivity contribution >= 4 is 15.9 Å². The SMILES string of the molecule is COc1cc(C)c(S(=O)(=O)N(C)CCOCC(=O)N(C)C(C)[C@H]2CC[C@@H](N3CCN(C)CC3)CC2)c(C)c1. The highest BCUT2D eigenvalue weighted by Crippen LogP contribution is 2.32. The number of methoxy groups -OCH3 is 1. The Hall–Kier alpha value is -1.72. The molecule has 1 aliphatic carbocycles. The van der Waals surface area contributed by atoms with Gasteiger partial charge < -0.3 is 19.3 Å². The number of carbonyl (C=O) groups excluding carboxylic acids is 1. The van der Waals surface area contributed by atoms with Crippen LogP contribution in [0.2, 0.25) is 0 Å². The fourth-order valence-electron chi connectivity index (χ4n) is 5.85. The van der Waals surface area contributed by atoms with Crippen LogP contribution in [0.3, 0.4) is 0 Å². The third-order valence-electron chi connectivity index (χ3n) is 8.60. The Morgan fingerprint density at radius 1 is 1.05 bits per heavy atom. The Morgan fingerprint density at radius 2 is 1.63 bits per heavy atom. The van der Waals surface area contributed by atoms with Gasteiger partial charge in [-0.25, -0.2) is 8.42 Å². The monoisotopic (exact) mass is 552 g/mol. The Kier molecular flexibility index (Phi) is 11.0. The van der Waals surface area contributed by atoms with Gasteiger partial charge in [-0.2, -0.15) is 4.31 Å². The van der Waals surface area contributed by atoms with E-state index in [9.17, 15) is 13.2 Å². The zero-order valence-corrected chi connectivity index (χ0v) is 25.2. The molecule has 2 fully saturated rings. The minimum absolute atomic E-state index is 0.0496. The van der Waals surface area contributed by atoms with E-state index in [-0.39, 0.29) is 36.6 Å². The third-order valence-corrected chi connectivity index (χ3v) is 10.8. The first kappa shape index (κ1) is 30.8. The van der Waals surface area contributed by atoms with Gasteiger partial charge in [-0.3, -0.25) is 9.69 Å². The van der Waals surface area contributed by atoms with E-state index in [2.05, 4.69) is 23.8 Å². The number of ether oxygens (including phenoxy) is 2. The number of carbonyl (C=O) groups is 1. The summed E-state index contributed by atoms with van der Waals surface area (Å²) in [4.78, 5) is 20.0. The van der Waals surface area contributed by atoms with Crippen LogP contribution in [0.25, 0.3) is 0 Å². The maximum Gasteiger partial charge on any atom is 0.248 e. The molecule has 216 valence electrons. The average Bonchev–Trinajstić information content (AvgIpc) is 2.89. The lowest BCUT2D eigenvalue weighted by Crippen LogP contribution is -2.51. The summed E-state index contributed by atoms with van der Waals surface area (Å²) in [5.74, 6) is 1.07. The molecule has 2 aliphatic rings. The van der Waals surface area contributed by atoms with Gasteiger partial charge in [0.15, 0.2) is 0 Å². The fourth-order valence-corrected chi connectivity index (χ4v) is 7.40. The minimum Gasteiger partial charge on any atom is -0.497 e. The zero-order chi connectivity index (χ0) is 28.0. The number of piperazine rings is 1. The van der Waals surface area contributed by atoms with Crippen LogP contribution < -0.4 is 4.74 Å². The van der Waals surface area contributed by atoms with Gasteiger partial charge in [0.05, 0.1) is 18.6 Å². The summed E-state index contributed by atoms with van der Waals surface area (Å²) < 4.78 is 38.5. The quantitative estimate of drug-likeness (QED) is 0.390. The van der Waals surface area contributed by atoms with E-state index in [1.807, 2.05) is 11.9 Å². The number of nitrogens with zero attached hydrogens (tertiary/aromatic N) is 4. The van der Waals surface area contributed by atoms with Crippen LogP contribution in [0.5, 0.6) is 5.75 Å². The first-order valence-electron chi connectivity index (χ1n) is 13.8. The maximum atomic E-state index is 13.2. The van der Waals surface area contributed by atoms with Crippen LogP contribution in [-0.2, 0) is 19.6 Å². The third kappa shape index (κ3) is 7.47. The Labute approximate surface area is 230 Å². The van der Waals surface area contributed by atoms with E-state index in [4.69, 9.17) is 9.47 Å². The summed E-state index contributed by atoms with van der Waals surface area (Å²) in [6.45, 7) is 10.5. The minimum atomic E-state index is -3.69. The molecule has 0 bridgehead atoms. The molecular weight excluding hydrogens is 504 g/mol. The molecule has 0 radical (unpaired) electrons. The molecule has 10 heteroatoms. The van der Waals surface area contributed by atoms with Crippen molar-refractivity contribution in [1.29, 1.82) is 0 Å². The van der Waals surface area contributed by atoms with E-state index in [1.165, 1.54) is 24.2 Å². The highest BCUT2D eigenvalue weighted by atomic mass is 32.2. The first-order valence-corrected chi connectivity index (χ1v) is 15.3. The van der Waals surface area contributed by atoms with Crippen LogP contribution in [0.1, 0.15) is 43.7 Å². The Balaban J connectivity index is 1.42. The van der Waals surface area contributed by atoms with Crippen LogP contribution in [-0.4, -0.2) is 120 Å². The smallest absolute Gasteiger partial charge is 0.248 e. The fraction of sp³-hybridized carbons (Fsp3) is 0.750. The first-order chi connectivity index (χ1) is 17.9. The highest BCUT2D eigenvalue weighted by Gasteiger charge is 2.32. The second kappa shape index (κ2) is 13.6. The van der Waals surface area contributed by atoms with Crippen molar-refractivity contribution in [1.82, 2.24) is 19.0 Å². The van der Waals surface area contributed by atoms with Gasteiger partial charge in [0, 0.05) is 58.9 Å². The normalized spacial score (nSPS) is 22.4. The van der Waals surface area contributed by atoms with Crippen molar-refractivity contribution in [2.24, 2.45) is 5.92 Å². The molecule has 1 saturated carbocycles. The lowest BCUT2D eigenvalue weighted by Gasteiger charge is -2.43. The predicted octanol–water partition coefficient (Wildman–Crippen LogP) is 2.60. The maximum absolute atomic E-state index is 13.2. The highest BCUT2D eigenvalue weighted by molar-refractivity contribution is 7.89. The number of rotatable bonds is 11. The molecule has 1 aromatic carbocycles. The second-order valence-electron chi connectivity index (χ2n) is 11.1. The van der Waals surface area contributed by atoms with Crippen LogP contribution in [0.4, 0.5) is 0 Å². The molecule has 9 nitrogen and oxygen atoms in total. The molecule has 1 unspecified atom stereocenters. The van der Waals surface area contributed by atoms with E-state index in [0.29, 0.717) is 28.8 Å². The molecule has 1 aliphatic heterocycles. The topological polar surface area (TPSA) is 82.6 Å². The van der Waals surface area contributed by atoms with Crippen LogP contribution in [0.15, 0.2) is 17.0 Å². The summed E-state index contributed by atoms with van der Waals surface area (Å²) >= 11 is 0. The van der Waals surface area contributed by atoms with Gasteiger partial charge in [0.25, 0.3) is 0 Å². The van der Waals surface area contributed by atoms with E-state index in [1.54, 1.807) is 33.1 Å². The van der Waals surface area contributed by atoms with E-state index >= 15 is 0 Å². The number of hydrogen-bond acceptors (Lipinski definition) is 7. The number of aryl methyl sites for hydroxylation is 2. The van der Waals surface area contributed by atoms with Crippen molar-refractivity contribution < 1.29 is 22.7 Å². The number of hydrogen-bond donors (Lipinski definition) is 0. The van der Waals surface area contributed by atoms with Gasteiger partial charge in [0.1, 0.15) is 12.4 Å². The summed E-state index contributed by atoms with van der Waals surface area (Å²) in [5, 5.41) is 0. The van der Waals surface area contributed by atoms with Gasteiger partial charge in [0.2, 0.25) is 15.9 Å². The summed E-state index contributed by atoms with van der Waals surface area (Å²) in [7, 11) is 3.46. The molecule has 0 aromatic heterocycles. The number of sulfonamides is 1. The molecule has 0 spiro atoms. The van der Waals surface area contributed by atoms with E-state index in [0.717, 1.165) is 39.0 Å². The molecule has 1 amide bonds. The number of benzene rings is 1. The van der Waals surface area contributed by atoms with Gasteiger partial charge in [-0.1, -0.05) is 0 Å². The molecule has 0 N–H and O–H groups in total. The van der Waals surface area contributed by atoms with Gasteiger partial charge in [-0.15, -0.1) is 0 Å². The van der Waals surface area contributed by atoms with Crippen molar-refractivity contribution in [3.8, 4) is 5.75 Å². The summed E-state index contributed by atoms with van der Waals surface area (Å²) in [6, 6.07) is 4.27. The number of likely N-dealkylation sites (N-methyl/N-ethyl adjacent to an activating group) is 3. The van der Waals surface area contributed by atoms with Crippen LogP contribution in [0, 0.1) is 19.8 Å². The lowest BCUT2D eigenvalue weighted by atomic mass is 9.81. The van der Waals surface area contributed by atoms with E-state index < -0.39 is 10.0 Å². The van der Waals surface area contributed by atoms with Crippen LogP contribution >= 0.6 is 0 Å². The molecule has 38 heavy (non-hydrogen) atoms. The summed E-state index contributed by atoms with van der Waals surface area (Å²) in [6.07, 6.45) is 4.68. The van der Waals surface area contributed by atoms with Crippen molar-refractivity contribution in [2.45, 2.75) is 63.4 Å². The lowest BCUT2D eigenvalue weighted by molar-refractivity contribution is -0.138. The predicted molar refractivity (Wildman–Crippen MR) is 150 cm³/mol. The zero-order valence-electron chi connectivity index (χ0n) is 24.4. The Bertz CT molecular complexity index is 1010. The Morgan fingerprint density at radius 3 is 2.18 bits per heavy atom. The molecule has 1 aromatic rings. The molecule has 1 saturated heterocycles. The molecular formula is C28H48N4O5S. The molecule has 1 atom stereocenters. The van der Waals surface area contributed by atoms with Crippen molar-refractivity contribution in [2.75, 3.05) is 74.2 Å². The standard InChI is InChI=1S/C28H48N4O5S/c1-21-18-26(36-7)19-22(2)28(21)38(34,35)30(5)16-17-37-20-27(33)31(6)23(3)24-8-10-25(11-9-24)32-14-12-29(4)13-15-32/h18-19,23-25H,8-17,20H2,1-7H3/t23?,24-,25+. The van der Waals surface area contributed by atoms with Gasteiger partial charge >= 0.3 is 0 Å². The van der Waals surface area contributed by atoms with Gasteiger partial charge in [-0.05, 0) is 82.7 Å². The largest absolute Gasteiger partial charge is 0.497 e.